The summed E-state index contributed by atoms with van der Waals surface area (Å²) in [6, 6.07) is 22.1. The molecule has 1 aliphatic rings. The zero-order chi connectivity index (χ0) is 24.8. The lowest BCUT2D eigenvalue weighted by Gasteiger charge is -2.20. The molecule has 3 aromatic carbocycles. The van der Waals surface area contributed by atoms with Crippen molar-refractivity contribution < 1.29 is 15.0 Å². The molecular weight excluding hydrogens is 442 g/mol. The van der Waals surface area contributed by atoms with Gasteiger partial charge in [0.1, 0.15) is 0 Å². The number of carboxylic acid groups (broad SMARTS) is 1. The van der Waals surface area contributed by atoms with E-state index in [4.69, 9.17) is 5.11 Å². The molecule has 0 saturated carbocycles. The van der Waals surface area contributed by atoms with Gasteiger partial charge in [0.25, 0.3) is 5.56 Å². The molecule has 1 unspecified atom stereocenters. The molecule has 1 aromatic heterocycles. The number of aromatic carboxylic acids is 1. The average Bonchev–Trinajstić information content (AvgIpc) is 3.27. The minimum Gasteiger partial charge on any atom is -0.872 e. The van der Waals surface area contributed by atoms with Gasteiger partial charge in [-0.2, -0.15) is 9.78 Å². The zero-order valence-corrected chi connectivity index (χ0v) is 19.6. The van der Waals surface area contributed by atoms with E-state index in [9.17, 15) is 14.7 Å². The third kappa shape index (κ3) is 5.94. The third-order valence-corrected chi connectivity index (χ3v) is 6.34. The van der Waals surface area contributed by atoms with Crippen LogP contribution in [0, 0.1) is 0 Å². The number of nitrogens with zero attached hydrogens (tertiary/aromatic N) is 3. The summed E-state index contributed by atoms with van der Waals surface area (Å²) in [6.45, 7) is 4.69. The maximum atomic E-state index is 11.9. The van der Waals surface area contributed by atoms with E-state index in [0.29, 0.717) is 0 Å². The maximum absolute atomic E-state index is 11.9. The summed E-state index contributed by atoms with van der Waals surface area (Å²) in [6.07, 6.45) is 5.37. The predicted molar refractivity (Wildman–Crippen MR) is 134 cm³/mol. The van der Waals surface area contributed by atoms with Gasteiger partial charge < -0.3 is 15.1 Å². The van der Waals surface area contributed by atoms with Crippen LogP contribution in [-0.4, -0.2) is 44.9 Å². The first kappa shape index (κ1) is 24.2. The molecule has 35 heavy (non-hydrogen) atoms. The van der Waals surface area contributed by atoms with Crippen LogP contribution in [0.1, 0.15) is 35.7 Å². The van der Waals surface area contributed by atoms with Crippen molar-refractivity contribution in [3.8, 4) is 11.4 Å². The van der Waals surface area contributed by atoms with Crippen LogP contribution in [0.25, 0.3) is 16.5 Å². The number of hydrogen-bond donors (Lipinski definition) is 1. The van der Waals surface area contributed by atoms with E-state index in [2.05, 4.69) is 41.2 Å². The minimum absolute atomic E-state index is 0.113. The fourth-order valence-corrected chi connectivity index (χ4v) is 4.36. The van der Waals surface area contributed by atoms with Gasteiger partial charge in [-0.1, -0.05) is 48.2 Å². The molecule has 2 heterocycles. The number of fused-ring (bicyclic) bond motifs is 1. The Morgan fingerprint density at radius 3 is 2.51 bits per heavy atom. The quantitative estimate of drug-likeness (QED) is 0.475. The third-order valence-electron chi connectivity index (χ3n) is 6.34. The van der Waals surface area contributed by atoms with Crippen molar-refractivity contribution in [1.82, 2.24) is 14.7 Å². The molecule has 5 rings (SSSR count). The van der Waals surface area contributed by atoms with Crippen LogP contribution in [-0.2, 0) is 6.42 Å². The van der Waals surface area contributed by atoms with E-state index in [1.54, 1.807) is 12.3 Å². The summed E-state index contributed by atoms with van der Waals surface area (Å²) in [5.74, 6) is -1.62. The zero-order valence-electron chi connectivity index (χ0n) is 19.6. The molecule has 1 aliphatic heterocycles. The van der Waals surface area contributed by atoms with Crippen molar-refractivity contribution in [2.24, 2.45) is 0 Å². The number of hydrogen-bond acceptors (Lipinski definition) is 5. The number of likely N-dealkylation sites (tertiary alicyclic amines) is 1. The number of benzene rings is 3. The van der Waals surface area contributed by atoms with Crippen LogP contribution in [0.4, 0.5) is 0 Å². The van der Waals surface area contributed by atoms with Gasteiger partial charge in [0.15, 0.2) is 0 Å². The first-order chi connectivity index (χ1) is 16.9. The van der Waals surface area contributed by atoms with Crippen LogP contribution in [0.15, 0.2) is 83.8 Å². The molecule has 0 spiro atoms. The lowest BCUT2D eigenvalue weighted by molar-refractivity contribution is -0.268. The minimum atomic E-state index is -1.18. The van der Waals surface area contributed by atoms with E-state index in [1.807, 2.05) is 12.1 Å². The molecule has 1 atom stereocenters. The lowest BCUT2D eigenvalue weighted by atomic mass is 10.0. The number of aromatic nitrogens is 2. The van der Waals surface area contributed by atoms with Crippen LogP contribution in [0.3, 0.4) is 0 Å². The van der Waals surface area contributed by atoms with Gasteiger partial charge in [-0.25, -0.2) is 4.79 Å². The predicted octanol–water partition coefficient (Wildman–Crippen LogP) is 3.87. The summed E-state index contributed by atoms with van der Waals surface area (Å²) in [5, 5.41) is 25.5. The van der Waals surface area contributed by atoms with Crippen molar-refractivity contribution in [2.75, 3.05) is 13.1 Å². The molecular formula is C28H28N3O4-. The first-order valence-corrected chi connectivity index (χ1v) is 11.7. The summed E-state index contributed by atoms with van der Waals surface area (Å²) in [4.78, 5) is 24.7. The number of rotatable bonds is 5. The Balaban J connectivity index is 0.000000243. The molecule has 0 radical (unpaired) electrons. The van der Waals surface area contributed by atoms with Gasteiger partial charge in [-0.3, -0.25) is 4.79 Å². The van der Waals surface area contributed by atoms with E-state index < -0.39 is 11.7 Å². The summed E-state index contributed by atoms with van der Waals surface area (Å²) < 4.78 is 1.43. The molecule has 180 valence electrons. The fraction of sp³-hybridized carbons (Fsp3) is 0.250. The van der Waals surface area contributed by atoms with E-state index in [1.165, 1.54) is 65.3 Å². The second-order valence-electron chi connectivity index (χ2n) is 8.72. The molecule has 7 nitrogen and oxygen atoms in total. The van der Waals surface area contributed by atoms with Crippen molar-refractivity contribution in [3.05, 3.63) is 100 Å². The molecule has 0 aliphatic carbocycles. The van der Waals surface area contributed by atoms with Crippen molar-refractivity contribution >= 4 is 16.7 Å². The van der Waals surface area contributed by atoms with Gasteiger partial charge in [0.2, 0.25) is 0 Å². The standard InChI is InChI=1S/C21H23N3O.C7H6O3/c1-16-4-3-12-23(16)13-10-17-6-7-19-15-20(9-8-18(19)14-17)24-21(25)5-2-11-22-24;8-6-4-2-1-3-5(6)7(9)10/h2,5-9,11,14-16H,3-4,10,12-13H2,1H3;1-4,8H,(H,9,10)/p-1. The maximum Gasteiger partial charge on any atom is 0.335 e. The second-order valence-corrected chi connectivity index (χ2v) is 8.72. The average molecular weight is 471 g/mol. The SMILES string of the molecule is CC1CCCN1CCc1ccc2cc(-n3ncccc3=O)ccc2c1.O=C(O)c1ccccc1[O-]. The Bertz CT molecular complexity index is 1380. The summed E-state index contributed by atoms with van der Waals surface area (Å²) >= 11 is 0. The number of para-hydroxylation sites is 1. The van der Waals surface area contributed by atoms with E-state index in [0.717, 1.165) is 30.1 Å². The highest BCUT2D eigenvalue weighted by Crippen LogP contribution is 2.21. The first-order valence-electron chi connectivity index (χ1n) is 11.7. The van der Waals surface area contributed by atoms with E-state index in [-0.39, 0.29) is 11.1 Å². The highest BCUT2D eigenvalue weighted by atomic mass is 16.4. The Labute approximate surface area is 203 Å². The summed E-state index contributed by atoms with van der Waals surface area (Å²) in [5.41, 5.74) is 1.88. The van der Waals surface area contributed by atoms with Crippen molar-refractivity contribution in [2.45, 2.75) is 32.2 Å². The Kier molecular flexibility index (Phi) is 7.57. The molecule has 1 fully saturated rings. The topological polar surface area (TPSA) is 98.5 Å². The van der Waals surface area contributed by atoms with Crippen LogP contribution >= 0.6 is 0 Å². The summed E-state index contributed by atoms with van der Waals surface area (Å²) in [7, 11) is 0. The highest BCUT2D eigenvalue weighted by molar-refractivity contribution is 5.90. The highest BCUT2D eigenvalue weighted by Gasteiger charge is 2.19. The van der Waals surface area contributed by atoms with Gasteiger partial charge in [-0.05, 0) is 73.3 Å². The largest absolute Gasteiger partial charge is 0.872 e. The van der Waals surface area contributed by atoms with Crippen LogP contribution < -0.4 is 10.7 Å². The number of carboxylic acids is 1. The Morgan fingerprint density at radius 2 is 1.83 bits per heavy atom. The molecule has 1 N–H and O–H groups in total. The molecule has 1 saturated heterocycles. The van der Waals surface area contributed by atoms with Crippen LogP contribution in [0.2, 0.25) is 0 Å². The van der Waals surface area contributed by atoms with Crippen LogP contribution in [0.5, 0.6) is 5.75 Å². The normalized spacial score (nSPS) is 15.5. The fourth-order valence-electron chi connectivity index (χ4n) is 4.36. The van der Waals surface area contributed by atoms with Gasteiger partial charge >= 0.3 is 5.97 Å². The van der Waals surface area contributed by atoms with Crippen molar-refractivity contribution in [3.63, 3.8) is 0 Å². The van der Waals surface area contributed by atoms with Crippen molar-refractivity contribution in [1.29, 1.82) is 0 Å². The number of carbonyl (C=O) groups is 1. The smallest absolute Gasteiger partial charge is 0.335 e. The molecule has 0 amide bonds. The Hall–Kier alpha value is -3.97. The van der Waals surface area contributed by atoms with Gasteiger partial charge in [0, 0.05) is 24.8 Å². The van der Waals surface area contributed by atoms with E-state index >= 15 is 0 Å². The molecule has 0 bridgehead atoms. The molecule has 4 aromatic rings. The second kappa shape index (κ2) is 11.0. The Morgan fingerprint density at radius 1 is 1.06 bits per heavy atom. The van der Waals surface area contributed by atoms with Gasteiger partial charge in [0.05, 0.1) is 11.3 Å². The molecule has 7 heteroatoms. The van der Waals surface area contributed by atoms with Gasteiger partial charge in [-0.15, -0.1) is 0 Å². The monoisotopic (exact) mass is 470 g/mol. The lowest BCUT2D eigenvalue weighted by Crippen LogP contribution is -2.28.